The van der Waals surface area contributed by atoms with Crippen molar-refractivity contribution in [1.29, 1.82) is 0 Å². The predicted molar refractivity (Wildman–Crippen MR) is 75.0 cm³/mol. The number of fused-ring (bicyclic) bond motifs is 1. The van der Waals surface area contributed by atoms with E-state index in [0.29, 0.717) is 0 Å². The zero-order valence-corrected chi connectivity index (χ0v) is 11.6. The second-order valence-electron chi connectivity index (χ2n) is 5.28. The highest BCUT2D eigenvalue weighted by molar-refractivity contribution is 7.12. The Balaban J connectivity index is 1.76. The van der Waals surface area contributed by atoms with Gasteiger partial charge in [-0.1, -0.05) is 18.3 Å². The van der Waals surface area contributed by atoms with Crippen LogP contribution in [0, 0.1) is 23.7 Å². The number of aliphatic hydroxyl groups excluding tert-OH is 1. The number of nitrogens with zero attached hydrogens (tertiary/aromatic N) is 1. The first-order valence-electron chi connectivity index (χ1n) is 6.76. The highest BCUT2D eigenvalue weighted by Crippen LogP contribution is 2.38. The molecule has 4 heteroatoms. The van der Waals surface area contributed by atoms with Crippen molar-refractivity contribution in [1.82, 2.24) is 4.90 Å². The Morgan fingerprint density at radius 1 is 1.42 bits per heavy atom. The van der Waals surface area contributed by atoms with Crippen molar-refractivity contribution in [2.45, 2.75) is 19.3 Å². The van der Waals surface area contributed by atoms with Gasteiger partial charge in [-0.25, -0.2) is 0 Å². The van der Waals surface area contributed by atoms with Crippen LogP contribution < -0.4 is 0 Å². The third kappa shape index (κ3) is 2.41. The molecule has 1 amide bonds. The van der Waals surface area contributed by atoms with Crippen LogP contribution >= 0.6 is 11.3 Å². The van der Waals surface area contributed by atoms with Crippen LogP contribution in [0.15, 0.2) is 11.4 Å². The molecule has 0 spiro atoms. The van der Waals surface area contributed by atoms with Crippen LogP contribution in [0.1, 0.15) is 34.5 Å². The summed E-state index contributed by atoms with van der Waals surface area (Å²) in [6, 6.07) is 1.86. The summed E-state index contributed by atoms with van der Waals surface area (Å²) in [4.78, 5) is 15.2. The van der Waals surface area contributed by atoms with E-state index in [4.69, 9.17) is 5.11 Å². The van der Waals surface area contributed by atoms with Crippen molar-refractivity contribution >= 4 is 17.2 Å². The minimum Gasteiger partial charge on any atom is -0.384 e. The van der Waals surface area contributed by atoms with E-state index in [9.17, 15) is 4.79 Å². The number of amides is 1. The SMILES string of the molecule is O=C(c1sccc1C#CCO)N1CC2CCCC2C1. The largest absolute Gasteiger partial charge is 0.384 e. The van der Waals surface area contributed by atoms with Gasteiger partial charge >= 0.3 is 0 Å². The molecule has 1 aromatic rings. The lowest BCUT2D eigenvalue weighted by Crippen LogP contribution is -2.29. The Morgan fingerprint density at radius 2 is 2.16 bits per heavy atom. The molecule has 3 nitrogen and oxygen atoms in total. The van der Waals surface area contributed by atoms with E-state index in [1.807, 2.05) is 16.3 Å². The standard InChI is InChI=1S/C15H17NO2S/c17-7-2-5-11-6-8-19-14(11)15(18)16-9-12-3-1-4-13(12)10-16/h6,8,12-13,17H,1,3-4,7,9-10H2. The molecule has 2 heterocycles. The summed E-state index contributed by atoms with van der Waals surface area (Å²) in [6.07, 6.45) is 3.87. The van der Waals surface area contributed by atoms with Gasteiger partial charge in [0.2, 0.25) is 0 Å². The summed E-state index contributed by atoms with van der Waals surface area (Å²) in [5.41, 5.74) is 0.751. The molecule has 0 bridgehead atoms. The van der Waals surface area contributed by atoms with E-state index < -0.39 is 0 Å². The van der Waals surface area contributed by atoms with Crippen molar-refractivity contribution in [2.24, 2.45) is 11.8 Å². The fraction of sp³-hybridized carbons (Fsp3) is 0.533. The monoisotopic (exact) mass is 275 g/mol. The number of hydrogen-bond acceptors (Lipinski definition) is 3. The zero-order valence-electron chi connectivity index (χ0n) is 10.8. The van der Waals surface area contributed by atoms with Gasteiger partial charge in [-0.15, -0.1) is 11.3 Å². The number of rotatable bonds is 1. The van der Waals surface area contributed by atoms with Gasteiger partial charge in [0.05, 0.1) is 0 Å². The van der Waals surface area contributed by atoms with E-state index in [1.165, 1.54) is 30.6 Å². The maximum atomic E-state index is 12.5. The molecule has 0 aromatic carbocycles. The summed E-state index contributed by atoms with van der Waals surface area (Å²) in [6.45, 7) is 1.65. The van der Waals surface area contributed by atoms with Crippen molar-refractivity contribution in [3.05, 3.63) is 21.9 Å². The topological polar surface area (TPSA) is 40.5 Å². The van der Waals surface area contributed by atoms with Gasteiger partial charge in [0.15, 0.2) is 0 Å². The quantitative estimate of drug-likeness (QED) is 0.796. The van der Waals surface area contributed by atoms with E-state index in [2.05, 4.69) is 11.8 Å². The second kappa shape index (κ2) is 5.36. The van der Waals surface area contributed by atoms with Crippen LogP contribution in [0.2, 0.25) is 0 Å². The van der Waals surface area contributed by atoms with Crippen molar-refractivity contribution in [2.75, 3.05) is 19.7 Å². The third-order valence-electron chi connectivity index (χ3n) is 4.18. The summed E-state index contributed by atoms with van der Waals surface area (Å²) in [7, 11) is 0. The highest BCUT2D eigenvalue weighted by atomic mass is 32.1. The van der Waals surface area contributed by atoms with Crippen LogP contribution in [0.3, 0.4) is 0 Å². The Labute approximate surface area is 117 Å². The van der Waals surface area contributed by atoms with E-state index in [0.717, 1.165) is 35.4 Å². The number of aliphatic hydroxyl groups is 1. The second-order valence-corrected chi connectivity index (χ2v) is 6.20. The fourth-order valence-corrected chi connectivity index (χ4v) is 4.07. The lowest BCUT2D eigenvalue weighted by Gasteiger charge is -2.16. The lowest BCUT2D eigenvalue weighted by atomic mass is 10.0. The average molecular weight is 275 g/mol. The Morgan fingerprint density at radius 3 is 2.84 bits per heavy atom. The molecule has 2 unspecified atom stereocenters. The maximum absolute atomic E-state index is 12.5. The first-order valence-corrected chi connectivity index (χ1v) is 7.64. The van der Waals surface area contributed by atoms with Gasteiger partial charge in [-0.3, -0.25) is 4.79 Å². The predicted octanol–water partition coefficient (Wildman–Crippen LogP) is 1.96. The molecule has 1 aliphatic heterocycles. The highest BCUT2D eigenvalue weighted by Gasteiger charge is 2.38. The molecular formula is C15H17NO2S. The summed E-state index contributed by atoms with van der Waals surface area (Å²) in [5.74, 6) is 7.03. The smallest absolute Gasteiger partial charge is 0.265 e. The van der Waals surface area contributed by atoms with E-state index >= 15 is 0 Å². The van der Waals surface area contributed by atoms with Gasteiger partial charge in [0.25, 0.3) is 5.91 Å². The van der Waals surface area contributed by atoms with Crippen LogP contribution in [-0.4, -0.2) is 35.6 Å². The van der Waals surface area contributed by atoms with Crippen molar-refractivity contribution in [3.8, 4) is 11.8 Å². The summed E-state index contributed by atoms with van der Waals surface area (Å²) >= 11 is 1.45. The van der Waals surface area contributed by atoms with Gasteiger partial charge in [0, 0.05) is 18.7 Å². The molecule has 3 rings (SSSR count). The minimum absolute atomic E-state index is 0.117. The molecule has 1 saturated carbocycles. The molecule has 100 valence electrons. The molecule has 1 saturated heterocycles. The van der Waals surface area contributed by atoms with Gasteiger partial charge in [-0.05, 0) is 36.1 Å². The van der Waals surface area contributed by atoms with Gasteiger partial charge in [0.1, 0.15) is 11.5 Å². The molecule has 1 N–H and O–H groups in total. The normalized spacial score (nSPS) is 25.0. The summed E-state index contributed by atoms with van der Waals surface area (Å²) in [5, 5.41) is 10.6. The number of carbonyl (C=O) groups excluding carboxylic acids is 1. The average Bonchev–Trinajstić information content (AvgIpc) is 3.09. The van der Waals surface area contributed by atoms with Gasteiger partial charge in [-0.2, -0.15) is 0 Å². The van der Waals surface area contributed by atoms with Crippen LogP contribution in [0.4, 0.5) is 0 Å². The number of hydrogen-bond donors (Lipinski definition) is 1. The third-order valence-corrected chi connectivity index (χ3v) is 5.08. The van der Waals surface area contributed by atoms with Crippen LogP contribution in [-0.2, 0) is 0 Å². The van der Waals surface area contributed by atoms with Crippen LogP contribution in [0.5, 0.6) is 0 Å². The Hall–Kier alpha value is -1.31. The van der Waals surface area contributed by atoms with E-state index in [-0.39, 0.29) is 12.5 Å². The molecule has 2 aliphatic rings. The van der Waals surface area contributed by atoms with Crippen molar-refractivity contribution in [3.63, 3.8) is 0 Å². The maximum Gasteiger partial charge on any atom is 0.265 e. The molecule has 2 atom stereocenters. The molecule has 1 aromatic heterocycles. The number of thiophene rings is 1. The van der Waals surface area contributed by atoms with Gasteiger partial charge < -0.3 is 10.0 Å². The van der Waals surface area contributed by atoms with Crippen molar-refractivity contribution < 1.29 is 9.90 Å². The van der Waals surface area contributed by atoms with E-state index in [1.54, 1.807) is 0 Å². The number of likely N-dealkylation sites (tertiary alicyclic amines) is 1. The minimum atomic E-state index is -0.169. The summed E-state index contributed by atoms with van der Waals surface area (Å²) < 4.78 is 0. The first kappa shape index (κ1) is 12.7. The molecule has 0 radical (unpaired) electrons. The molecule has 19 heavy (non-hydrogen) atoms. The molecule has 1 aliphatic carbocycles. The Kier molecular flexibility index (Phi) is 3.58. The number of carbonyl (C=O) groups is 1. The zero-order chi connectivity index (χ0) is 13.2. The molecule has 2 fully saturated rings. The Bertz CT molecular complexity index is 528. The fourth-order valence-electron chi connectivity index (χ4n) is 3.25. The lowest BCUT2D eigenvalue weighted by molar-refractivity contribution is 0.0785. The molecular weight excluding hydrogens is 258 g/mol. The van der Waals surface area contributed by atoms with Crippen LogP contribution in [0.25, 0.3) is 0 Å². The first-order chi connectivity index (χ1) is 9.29.